The molecule has 0 saturated heterocycles. The maximum atomic E-state index is 10.7. The molecule has 0 aliphatic heterocycles. The predicted molar refractivity (Wildman–Crippen MR) is 79.5 cm³/mol. The average Bonchev–Trinajstić information content (AvgIpc) is 2.93. The molecule has 0 saturated carbocycles. The fourth-order valence-electron chi connectivity index (χ4n) is 1.57. The van der Waals surface area contributed by atoms with Crippen LogP contribution in [0, 0.1) is 0 Å². The largest absolute Gasteiger partial charge is 0.478 e. The average molecular weight is 304 g/mol. The van der Waals surface area contributed by atoms with E-state index in [9.17, 15) is 4.79 Å². The highest BCUT2D eigenvalue weighted by Gasteiger charge is 2.06. The highest BCUT2D eigenvalue weighted by molar-refractivity contribution is 7.30. The monoisotopic (exact) mass is 304 g/mol. The summed E-state index contributed by atoms with van der Waals surface area (Å²) in [6.45, 7) is 0. The van der Waals surface area contributed by atoms with Gasteiger partial charge in [0.1, 0.15) is 9.83 Å². The van der Waals surface area contributed by atoms with Crippen LogP contribution >= 0.6 is 22.7 Å². The Morgan fingerprint density at radius 3 is 2.60 bits per heavy atom. The smallest absolute Gasteiger partial charge is 0.335 e. The van der Waals surface area contributed by atoms with Crippen molar-refractivity contribution in [2.45, 2.75) is 0 Å². The van der Waals surface area contributed by atoms with Gasteiger partial charge in [-0.2, -0.15) is 0 Å². The Labute approximate surface area is 121 Å². The molecule has 0 fully saturated rings. The second kappa shape index (κ2) is 4.99. The highest BCUT2D eigenvalue weighted by atomic mass is 32.1. The topological polar surface area (TPSA) is 101 Å². The highest BCUT2D eigenvalue weighted by Crippen LogP contribution is 2.36. The summed E-state index contributed by atoms with van der Waals surface area (Å²) in [7, 11) is 0. The molecule has 0 bridgehead atoms. The molecule has 3 N–H and O–H groups in total. The van der Waals surface area contributed by atoms with Crippen molar-refractivity contribution >= 4 is 54.0 Å². The zero-order chi connectivity index (χ0) is 14.1. The molecule has 0 aliphatic rings. The molecule has 0 spiro atoms. The first-order valence-corrected chi connectivity index (χ1v) is 7.16. The summed E-state index contributed by atoms with van der Waals surface area (Å²) < 4.78 is 0.989. The zero-order valence-corrected chi connectivity index (χ0v) is 11.6. The number of benzene rings is 1. The molecule has 0 atom stereocenters. The Bertz CT molecular complexity index is 773. The van der Waals surface area contributed by atoms with Crippen LogP contribution in [0.5, 0.6) is 0 Å². The summed E-state index contributed by atoms with van der Waals surface area (Å²) >= 11 is 2.82. The number of aromatic nitrogens is 1. The van der Waals surface area contributed by atoms with Gasteiger partial charge in [0, 0.05) is 0 Å². The zero-order valence-electron chi connectivity index (χ0n) is 9.98. The molecule has 3 rings (SSSR count). The molecule has 6 nitrogen and oxygen atoms in total. The molecule has 0 amide bonds. The summed E-state index contributed by atoms with van der Waals surface area (Å²) in [4.78, 5) is 15.7. The number of nitrogen functional groups attached to an aromatic ring is 1. The molecule has 0 unspecified atom stereocenters. The molecule has 100 valence electrons. The van der Waals surface area contributed by atoms with Crippen molar-refractivity contribution in [3.05, 3.63) is 35.9 Å². The van der Waals surface area contributed by atoms with Gasteiger partial charge in [-0.3, -0.25) is 0 Å². The lowest BCUT2D eigenvalue weighted by Gasteiger charge is -1.94. The van der Waals surface area contributed by atoms with Crippen LogP contribution < -0.4 is 5.73 Å². The Hall–Kier alpha value is -2.32. The third kappa shape index (κ3) is 2.51. The molecule has 3 aromatic rings. The normalized spacial score (nSPS) is 11.4. The van der Waals surface area contributed by atoms with Crippen molar-refractivity contribution < 1.29 is 9.90 Å². The number of nitrogens with zero attached hydrogens (tertiary/aromatic N) is 3. The summed E-state index contributed by atoms with van der Waals surface area (Å²) in [6, 6.07) is 8.08. The van der Waals surface area contributed by atoms with E-state index < -0.39 is 5.97 Å². The first-order valence-electron chi connectivity index (χ1n) is 5.53. The summed E-state index contributed by atoms with van der Waals surface area (Å²) in [5, 5.41) is 18.2. The Morgan fingerprint density at radius 2 is 1.95 bits per heavy atom. The van der Waals surface area contributed by atoms with Crippen LogP contribution in [0.4, 0.5) is 15.8 Å². The van der Waals surface area contributed by atoms with Gasteiger partial charge in [-0.05, 0) is 30.3 Å². The third-order valence-electron chi connectivity index (χ3n) is 2.47. The molecule has 2 aromatic heterocycles. The Morgan fingerprint density at radius 1 is 1.20 bits per heavy atom. The first-order chi connectivity index (χ1) is 9.61. The van der Waals surface area contributed by atoms with Crippen LogP contribution in [0.15, 0.2) is 40.6 Å². The van der Waals surface area contributed by atoms with Gasteiger partial charge in [-0.15, -0.1) is 10.2 Å². The van der Waals surface area contributed by atoms with Gasteiger partial charge in [-0.1, -0.05) is 22.7 Å². The number of hydrogen-bond donors (Lipinski definition) is 2. The fourth-order valence-corrected chi connectivity index (χ4v) is 3.37. The number of rotatable bonds is 3. The number of azo groups is 1. The van der Waals surface area contributed by atoms with Crippen LogP contribution in [0.25, 0.3) is 9.53 Å². The van der Waals surface area contributed by atoms with E-state index >= 15 is 0 Å². The number of aromatic carboxylic acids is 1. The molecule has 8 heteroatoms. The van der Waals surface area contributed by atoms with Crippen LogP contribution in [0.3, 0.4) is 0 Å². The van der Waals surface area contributed by atoms with Crippen molar-refractivity contribution in [1.82, 2.24) is 4.98 Å². The molecule has 0 aliphatic carbocycles. The maximum absolute atomic E-state index is 10.7. The number of carboxylic acids is 1. The summed E-state index contributed by atoms with van der Waals surface area (Å²) in [5.74, 6) is -0.962. The van der Waals surface area contributed by atoms with E-state index in [0.29, 0.717) is 10.8 Å². The second-order valence-electron chi connectivity index (χ2n) is 3.86. The van der Waals surface area contributed by atoms with Crippen LogP contribution in [0.1, 0.15) is 10.4 Å². The van der Waals surface area contributed by atoms with E-state index in [1.165, 1.54) is 34.8 Å². The van der Waals surface area contributed by atoms with Crippen LogP contribution in [0.2, 0.25) is 0 Å². The van der Waals surface area contributed by atoms with Gasteiger partial charge >= 0.3 is 5.97 Å². The molecule has 1 aromatic carbocycles. The van der Waals surface area contributed by atoms with Gasteiger partial charge in [-0.25, -0.2) is 9.78 Å². The lowest BCUT2D eigenvalue weighted by Crippen LogP contribution is -1.93. The lowest BCUT2D eigenvalue weighted by atomic mass is 10.2. The lowest BCUT2D eigenvalue weighted by molar-refractivity contribution is 0.0697. The Balaban J connectivity index is 1.81. The number of carboxylic acid groups (broad SMARTS) is 1. The number of fused-ring (bicyclic) bond motifs is 1. The van der Waals surface area contributed by atoms with Gasteiger partial charge in [0.05, 0.1) is 16.0 Å². The van der Waals surface area contributed by atoms with E-state index in [2.05, 4.69) is 15.2 Å². The molecular weight excluding hydrogens is 296 g/mol. The minimum absolute atomic E-state index is 0.222. The third-order valence-corrected chi connectivity index (χ3v) is 4.35. The van der Waals surface area contributed by atoms with E-state index in [0.717, 1.165) is 14.5 Å². The van der Waals surface area contributed by atoms with Crippen molar-refractivity contribution in [2.24, 2.45) is 10.2 Å². The molecule has 20 heavy (non-hydrogen) atoms. The minimum Gasteiger partial charge on any atom is -0.478 e. The standard InChI is InChI=1S/C12H8N4O2S2/c13-12-14-10-8(19-12)5-9(20-10)16-15-7-3-1-6(2-4-7)11(17)18/h1-5H,(H2,13,14)(H,17,18). The van der Waals surface area contributed by atoms with Crippen molar-refractivity contribution in [3.63, 3.8) is 0 Å². The minimum atomic E-state index is -0.962. The van der Waals surface area contributed by atoms with E-state index in [1.54, 1.807) is 12.1 Å². The number of thiazole rings is 1. The number of hydrogen-bond acceptors (Lipinski definition) is 7. The SMILES string of the molecule is Nc1nc2sc(N=Nc3ccc(C(=O)O)cc3)cc2s1. The van der Waals surface area contributed by atoms with Gasteiger partial charge in [0.15, 0.2) is 5.13 Å². The first kappa shape index (κ1) is 12.7. The Kier molecular flexibility index (Phi) is 3.17. The summed E-state index contributed by atoms with van der Waals surface area (Å²) in [5.41, 5.74) is 6.42. The van der Waals surface area contributed by atoms with E-state index in [-0.39, 0.29) is 5.56 Å². The molecule has 2 heterocycles. The quantitative estimate of drug-likeness (QED) is 0.712. The fraction of sp³-hybridized carbons (Fsp3) is 0. The maximum Gasteiger partial charge on any atom is 0.335 e. The van der Waals surface area contributed by atoms with Crippen molar-refractivity contribution in [2.75, 3.05) is 5.73 Å². The van der Waals surface area contributed by atoms with Gasteiger partial charge in [0.25, 0.3) is 0 Å². The number of nitrogens with two attached hydrogens (primary N) is 1. The van der Waals surface area contributed by atoms with Crippen molar-refractivity contribution in [3.8, 4) is 0 Å². The van der Waals surface area contributed by atoms with Gasteiger partial charge in [0.2, 0.25) is 0 Å². The number of anilines is 1. The summed E-state index contributed by atoms with van der Waals surface area (Å²) in [6.07, 6.45) is 0. The number of thiophene rings is 1. The van der Waals surface area contributed by atoms with Crippen molar-refractivity contribution in [1.29, 1.82) is 0 Å². The second-order valence-corrected chi connectivity index (χ2v) is 5.93. The van der Waals surface area contributed by atoms with E-state index in [1.807, 2.05) is 6.07 Å². The predicted octanol–water partition coefficient (Wildman–Crippen LogP) is 4.05. The van der Waals surface area contributed by atoms with Crippen LogP contribution in [-0.2, 0) is 0 Å². The molecular formula is C12H8N4O2S2. The number of carbonyl (C=O) groups is 1. The van der Waals surface area contributed by atoms with E-state index in [4.69, 9.17) is 10.8 Å². The van der Waals surface area contributed by atoms with Gasteiger partial charge < -0.3 is 10.8 Å². The molecule has 0 radical (unpaired) electrons. The van der Waals surface area contributed by atoms with Crippen LogP contribution in [-0.4, -0.2) is 16.1 Å².